The number of carboxylic acids is 1. The van der Waals surface area contributed by atoms with E-state index in [0.717, 1.165) is 12.8 Å². The summed E-state index contributed by atoms with van der Waals surface area (Å²) in [5.41, 5.74) is 1.87. The highest BCUT2D eigenvalue weighted by Crippen LogP contribution is 2.58. The van der Waals surface area contributed by atoms with E-state index in [2.05, 4.69) is 15.3 Å². The van der Waals surface area contributed by atoms with Gasteiger partial charge in [-0.15, -0.1) is 5.10 Å². The number of fused-ring (bicyclic) bond motifs is 1. The van der Waals surface area contributed by atoms with Gasteiger partial charge in [0.25, 0.3) is 5.69 Å². The Morgan fingerprint density at radius 1 is 1.19 bits per heavy atom. The predicted molar refractivity (Wildman–Crippen MR) is 125 cm³/mol. The van der Waals surface area contributed by atoms with Crippen molar-refractivity contribution in [2.24, 2.45) is 24.8 Å². The molecule has 4 unspecified atom stereocenters. The first kappa shape index (κ1) is 24.2. The van der Waals surface area contributed by atoms with Crippen LogP contribution in [0.4, 0.5) is 10.5 Å². The van der Waals surface area contributed by atoms with Gasteiger partial charge in [0.2, 0.25) is 0 Å². The van der Waals surface area contributed by atoms with Crippen LogP contribution in [0.2, 0.25) is 0 Å². The Morgan fingerprint density at radius 2 is 1.95 bits per heavy atom. The van der Waals surface area contributed by atoms with Crippen molar-refractivity contribution < 1.29 is 33.8 Å². The van der Waals surface area contributed by atoms with Gasteiger partial charge in [-0.1, -0.05) is 5.21 Å². The third kappa shape index (κ3) is 4.79. The summed E-state index contributed by atoms with van der Waals surface area (Å²) in [7, 11) is 1.65. The standard InChI is InChI=1S/C24H23N5O8/c1-12-18(37-19-9-7-15-20(19)21(15)23(30)31)10-8-16(25-12)22-17(28(2)27-26-22)11-35-24(32)36-14-5-3-13(4-6-14)29(33)34/h3-6,8,10,15,19-21H,7,9,11H2,1-2H3,(H,30,31). The average Bonchev–Trinajstić information content (AvgIpc) is 3.27. The van der Waals surface area contributed by atoms with Gasteiger partial charge >= 0.3 is 12.1 Å². The first-order chi connectivity index (χ1) is 17.7. The number of rotatable bonds is 8. The Balaban J connectivity index is 1.23. The summed E-state index contributed by atoms with van der Waals surface area (Å²) in [6.45, 7) is 1.59. The van der Waals surface area contributed by atoms with Gasteiger partial charge < -0.3 is 19.3 Å². The maximum Gasteiger partial charge on any atom is 0.514 e. The van der Waals surface area contributed by atoms with Crippen LogP contribution in [0.25, 0.3) is 11.4 Å². The molecule has 2 fully saturated rings. The second kappa shape index (κ2) is 9.48. The fourth-order valence-electron chi connectivity index (χ4n) is 4.91. The Hall–Kier alpha value is -4.55. The third-order valence-electron chi connectivity index (χ3n) is 6.81. The molecule has 2 heterocycles. The van der Waals surface area contributed by atoms with E-state index in [1.165, 1.54) is 28.9 Å². The molecule has 2 aliphatic rings. The Morgan fingerprint density at radius 3 is 2.59 bits per heavy atom. The lowest BCUT2D eigenvalue weighted by atomic mass is 10.1. The van der Waals surface area contributed by atoms with Crippen LogP contribution in [0.3, 0.4) is 0 Å². The van der Waals surface area contributed by atoms with Crippen molar-refractivity contribution in [1.82, 2.24) is 20.0 Å². The average molecular weight is 509 g/mol. The summed E-state index contributed by atoms with van der Waals surface area (Å²) in [6.07, 6.45) is 0.539. The number of nitrogens with zero attached hydrogens (tertiary/aromatic N) is 5. The first-order valence-corrected chi connectivity index (χ1v) is 11.6. The number of nitro benzene ring substituents is 1. The van der Waals surface area contributed by atoms with Crippen molar-refractivity contribution in [2.45, 2.75) is 32.5 Å². The van der Waals surface area contributed by atoms with Crippen molar-refractivity contribution in [3.63, 3.8) is 0 Å². The monoisotopic (exact) mass is 509 g/mol. The topological polar surface area (TPSA) is 169 Å². The number of aromatic nitrogens is 4. The molecule has 3 aromatic rings. The number of nitro groups is 1. The zero-order valence-electron chi connectivity index (χ0n) is 19.9. The van der Waals surface area contributed by atoms with Crippen molar-refractivity contribution >= 4 is 17.8 Å². The maximum atomic E-state index is 12.1. The Labute approximate surface area is 210 Å². The molecule has 5 rings (SSSR count). The van der Waals surface area contributed by atoms with Crippen LogP contribution in [-0.2, 0) is 23.2 Å². The van der Waals surface area contributed by atoms with E-state index in [1.54, 1.807) is 26.1 Å². The zero-order valence-corrected chi connectivity index (χ0v) is 19.9. The summed E-state index contributed by atoms with van der Waals surface area (Å²) in [6, 6.07) is 8.51. The molecule has 192 valence electrons. The Kier molecular flexibility index (Phi) is 6.19. The molecule has 2 aliphatic carbocycles. The normalized spacial score (nSPS) is 21.7. The van der Waals surface area contributed by atoms with E-state index in [4.69, 9.17) is 14.2 Å². The quantitative estimate of drug-likeness (QED) is 0.205. The molecule has 37 heavy (non-hydrogen) atoms. The molecule has 13 heteroatoms. The second-order valence-electron chi connectivity index (χ2n) is 9.02. The summed E-state index contributed by atoms with van der Waals surface area (Å²) in [5, 5.41) is 28.2. The molecule has 1 aromatic carbocycles. The summed E-state index contributed by atoms with van der Waals surface area (Å²) >= 11 is 0. The van der Waals surface area contributed by atoms with Gasteiger partial charge in [-0.05, 0) is 49.9 Å². The van der Waals surface area contributed by atoms with Crippen LogP contribution in [0.5, 0.6) is 11.5 Å². The highest BCUT2D eigenvalue weighted by Gasteiger charge is 2.63. The molecular formula is C24H23N5O8. The molecule has 0 aliphatic heterocycles. The number of carbonyl (C=O) groups is 2. The molecule has 4 atom stereocenters. The van der Waals surface area contributed by atoms with Crippen LogP contribution in [0, 0.1) is 34.8 Å². The van der Waals surface area contributed by atoms with Crippen LogP contribution in [0.15, 0.2) is 36.4 Å². The molecule has 2 saturated carbocycles. The summed E-state index contributed by atoms with van der Waals surface area (Å²) in [4.78, 5) is 38.3. The van der Waals surface area contributed by atoms with Gasteiger partial charge in [0, 0.05) is 25.1 Å². The zero-order chi connectivity index (χ0) is 26.3. The molecular weight excluding hydrogens is 486 g/mol. The lowest BCUT2D eigenvalue weighted by molar-refractivity contribution is -0.384. The molecule has 0 bridgehead atoms. The maximum absolute atomic E-state index is 12.1. The fourth-order valence-corrected chi connectivity index (χ4v) is 4.91. The molecule has 13 nitrogen and oxygen atoms in total. The largest absolute Gasteiger partial charge is 0.514 e. The van der Waals surface area contributed by atoms with E-state index in [9.17, 15) is 24.8 Å². The number of aliphatic carboxylic acids is 1. The number of carbonyl (C=O) groups excluding carboxylic acids is 1. The van der Waals surface area contributed by atoms with Crippen LogP contribution in [-0.4, -0.2) is 48.2 Å². The SMILES string of the molecule is Cc1nc(-c2nnn(C)c2COC(=O)Oc2ccc([N+](=O)[O-])cc2)ccc1OC1CCC2C(C(=O)O)C12. The van der Waals surface area contributed by atoms with E-state index in [0.29, 0.717) is 28.5 Å². The minimum Gasteiger partial charge on any atom is -0.488 e. The van der Waals surface area contributed by atoms with Crippen LogP contribution < -0.4 is 9.47 Å². The molecule has 0 spiro atoms. The molecule has 0 saturated heterocycles. The minimum atomic E-state index is -0.997. The van der Waals surface area contributed by atoms with E-state index in [1.807, 2.05) is 0 Å². The van der Waals surface area contributed by atoms with Crippen molar-refractivity contribution in [3.8, 4) is 22.9 Å². The number of aryl methyl sites for hydroxylation is 2. The van der Waals surface area contributed by atoms with Gasteiger partial charge in [0.05, 0.1) is 22.2 Å². The Bertz CT molecular complexity index is 1370. The fraction of sp³-hybridized carbons (Fsp3) is 0.375. The van der Waals surface area contributed by atoms with Crippen molar-refractivity contribution in [3.05, 3.63) is 57.9 Å². The molecule has 0 radical (unpaired) electrons. The lowest BCUT2D eigenvalue weighted by Crippen LogP contribution is -2.20. The second-order valence-corrected chi connectivity index (χ2v) is 9.02. The highest BCUT2D eigenvalue weighted by molar-refractivity contribution is 5.75. The van der Waals surface area contributed by atoms with Gasteiger partial charge in [-0.2, -0.15) is 0 Å². The van der Waals surface area contributed by atoms with Gasteiger partial charge in [0.1, 0.15) is 35.6 Å². The number of benzene rings is 1. The summed E-state index contributed by atoms with van der Waals surface area (Å²) < 4.78 is 17.9. The van der Waals surface area contributed by atoms with Gasteiger partial charge in [-0.25, -0.2) is 14.5 Å². The van der Waals surface area contributed by atoms with Gasteiger partial charge in [0.15, 0.2) is 0 Å². The van der Waals surface area contributed by atoms with Crippen LogP contribution in [0.1, 0.15) is 24.2 Å². The summed E-state index contributed by atoms with van der Waals surface area (Å²) in [5.74, 6) is -0.154. The smallest absolute Gasteiger partial charge is 0.488 e. The van der Waals surface area contributed by atoms with Crippen molar-refractivity contribution in [2.75, 3.05) is 0 Å². The molecule has 1 N–H and O–H groups in total. The molecule has 2 aromatic heterocycles. The first-order valence-electron chi connectivity index (χ1n) is 11.6. The number of non-ortho nitro benzene ring substituents is 1. The van der Waals surface area contributed by atoms with Crippen molar-refractivity contribution in [1.29, 1.82) is 0 Å². The molecule has 0 amide bonds. The number of carboxylic acid groups (broad SMARTS) is 1. The number of hydrogen-bond acceptors (Lipinski definition) is 10. The number of pyridine rings is 1. The number of hydrogen-bond donors (Lipinski definition) is 1. The van der Waals surface area contributed by atoms with E-state index < -0.39 is 17.0 Å². The van der Waals surface area contributed by atoms with E-state index >= 15 is 0 Å². The van der Waals surface area contributed by atoms with E-state index in [-0.39, 0.29) is 41.9 Å². The predicted octanol–water partition coefficient (Wildman–Crippen LogP) is 3.30. The number of ether oxygens (including phenoxy) is 3. The highest BCUT2D eigenvalue weighted by atomic mass is 16.7. The van der Waals surface area contributed by atoms with Crippen LogP contribution >= 0.6 is 0 Å². The third-order valence-corrected chi connectivity index (χ3v) is 6.81. The minimum absolute atomic E-state index is 0.0473. The lowest BCUT2D eigenvalue weighted by Gasteiger charge is -2.18. The van der Waals surface area contributed by atoms with Gasteiger partial charge in [-0.3, -0.25) is 14.9 Å².